The number of morpholine rings is 1. The van der Waals surface area contributed by atoms with Crippen LogP contribution in [0.15, 0.2) is 23.9 Å². The fourth-order valence-electron chi connectivity index (χ4n) is 2.95. The number of nitrogens with one attached hydrogen (secondary N) is 1. The highest BCUT2D eigenvalue weighted by Crippen LogP contribution is 2.24. The maximum Gasteiger partial charge on any atom is 0.328 e. The van der Waals surface area contributed by atoms with Crippen molar-refractivity contribution in [1.29, 1.82) is 0 Å². The minimum Gasteiger partial charge on any atom is -0.378 e. The predicted octanol–water partition coefficient (Wildman–Crippen LogP) is 1.74. The summed E-state index contributed by atoms with van der Waals surface area (Å²) in [6.45, 7) is 7.48. The second-order valence-electron chi connectivity index (χ2n) is 5.68. The lowest BCUT2D eigenvalue weighted by Crippen LogP contribution is -2.36. The molecule has 3 rings (SSSR count). The number of ether oxygens (including phenoxy) is 1. The number of anilines is 1. The molecular weight excluding hydrogens is 294 g/mol. The molecule has 2 heterocycles. The number of nitrogens with zero attached hydrogens (tertiary/aromatic N) is 2. The molecule has 1 N–H and O–H groups in total. The van der Waals surface area contributed by atoms with Crippen LogP contribution >= 0.6 is 0 Å². The Morgan fingerprint density at radius 2 is 2.00 bits per heavy atom. The number of benzene rings is 1. The third-order valence-corrected chi connectivity index (χ3v) is 4.16. The monoisotopic (exact) mass is 315 g/mol. The first-order chi connectivity index (χ1) is 11.1. The van der Waals surface area contributed by atoms with E-state index in [0.29, 0.717) is 12.2 Å². The zero-order chi connectivity index (χ0) is 16.4. The molecule has 122 valence electrons. The Bertz CT molecular complexity index is 663. The molecule has 2 fully saturated rings. The van der Waals surface area contributed by atoms with Crippen molar-refractivity contribution in [3.63, 3.8) is 0 Å². The first-order valence-electron chi connectivity index (χ1n) is 7.88. The highest BCUT2D eigenvalue weighted by atomic mass is 16.5. The van der Waals surface area contributed by atoms with E-state index in [1.807, 2.05) is 12.1 Å². The number of carbonyl (C=O) groups is 2. The van der Waals surface area contributed by atoms with Crippen LogP contribution in [0.5, 0.6) is 0 Å². The van der Waals surface area contributed by atoms with Crippen molar-refractivity contribution < 1.29 is 14.3 Å². The topological polar surface area (TPSA) is 61.9 Å². The third kappa shape index (κ3) is 3.07. The standard InChI is InChI=1S/C17H21N3O3/c1-3-20-16(21)14(18-17(20)22)11-13-4-5-15(12(2)10-13)19-6-8-23-9-7-19/h4-5,10-11H,3,6-9H2,1-2H3,(H,18,22)/b14-11+. The van der Waals surface area contributed by atoms with Crippen LogP contribution in [0.2, 0.25) is 0 Å². The molecule has 6 heteroatoms. The van der Waals surface area contributed by atoms with Crippen LogP contribution in [-0.4, -0.2) is 49.7 Å². The van der Waals surface area contributed by atoms with Gasteiger partial charge in [-0.05, 0) is 43.2 Å². The van der Waals surface area contributed by atoms with Gasteiger partial charge in [-0.1, -0.05) is 6.07 Å². The Kier molecular flexibility index (Phi) is 4.34. The van der Waals surface area contributed by atoms with Gasteiger partial charge < -0.3 is 15.0 Å². The Balaban J connectivity index is 1.82. The SMILES string of the molecule is CCN1C(=O)N/C(=C/c2ccc(N3CCOCC3)c(C)c2)C1=O. The van der Waals surface area contributed by atoms with Crippen molar-refractivity contribution in [2.24, 2.45) is 0 Å². The summed E-state index contributed by atoms with van der Waals surface area (Å²) in [6, 6.07) is 5.71. The molecule has 0 aliphatic carbocycles. The van der Waals surface area contributed by atoms with Gasteiger partial charge in [0.05, 0.1) is 13.2 Å². The van der Waals surface area contributed by atoms with Crippen LogP contribution in [0.25, 0.3) is 6.08 Å². The minimum atomic E-state index is -0.356. The van der Waals surface area contributed by atoms with Crippen LogP contribution in [0.3, 0.4) is 0 Å². The van der Waals surface area contributed by atoms with Gasteiger partial charge in [0.2, 0.25) is 0 Å². The summed E-state index contributed by atoms with van der Waals surface area (Å²) in [5.41, 5.74) is 3.56. The highest BCUT2D eigenvalue weighted by molar-refractivity contribution is 6.13. The van der Waals surface area contributed by atoms with E-state index in [9.17, 15) is 9.59 Å². The number of carbonyl (C=O) groups excluding carboxylic acids is 2. The van der Waals surface area contributed by atoms with Crippen molar-refractivity contribution in [3.8, 4) is 0 Å². The van der Waals surface area contributed by atoms with Gasteiger partial charge in [0.15, 0.2) is 0 Å². The summed E-state index contributed by atoms with van der Waals surface area (Å²) in [6.07, 6.45) is 1.73. The molecule has 2 aliphatic heterocycles. The molecular formula is C17H21N3O3. The van der Waals surface area contributed by atoms with Gasteiger partial charge in [-0.2, -0.15) is 0 Å². The molecule has 0 radical (unpaired) electrons. The molecule has 6 nitrogen and oxygen atoms in total. The van der Waals surface area contributed by atoms with Crippen LogP contribution in [0, 0.1) is 6.92 Å². The van der Waals surface area contributed by atoms with Gasteiger partial charge in [0, 0.05) is 25.3 Å². The fraction of sp³-hybridized carbons (Fsp3) is 0.412. The molecule has 0 aromatic heterocycles. The molecule has 2 saturated heterocycles. The summed E-state index contributed by atoms with van der Waals surface area (Å²) >= 11 is 0. The largest absolute Gasteiger partial charge is 0.378 e. The summed E-state index contributed by atoms with van der Waals surface area (Å²) in [7, 11) is 0. The van der Waals surface area contributed by atoms with E-state index in [2.05, 4.69) is 23.2 Å². The Labute approximate surface area is 135 Å². The lowest BCUT2D eigenvalue weighted by molar-refractivity contribution is -0.122. The molecule has 1 aromatic carbocycles. The quantitative estimate of drug-likeness (QED) is 0.682. The van der Waals surface area contributed by atoms with E-state index in [1.54, 1.807) is 13.0 Å². The molecule has 23 heavy (non-hydrogen) atoms. The third-order valence-electron chi connectivity index (χ3n) is 4.16. The van der Waals surface area contributed by atoms with Crippen molar-refractivity contribution >= 4 is 23.7 Å². The first-order valence-corrected chi connectivity index (χ1v) is 7.88. The van der Waals surface area contributed by atoms with Crippen LogP contribution < -0.4 is 10.2 Å². The summed E-state index contributed by atoms with van der Waals surface area (Å²) in [4.78, 5) is 27.3. The maximum atomic E-state index is 12.1. The number of hydrogen-bond acceptors (Lipinski definition) is 4. The van der Waals surface area contributed by atoms with E-state index in [4.69, 9.17) is 4.74 Å². The second-order valence-corrected chi connectivity index (χ2v) is 5.68. The van der Waals surface area contributed by atoms with Gasteiger partial charge in [-0.25, -0.2) is 4.79 Å². The van der Waals surface area contributed by atoms with E-state index in [-0.39, 0.29) is 11.9 Å². The molecule has 1 aromatic rings. The Morgan fingerprint density at radius 3 is 2.61 bits per heavy atom. The smallest absolute Gasteiger partial charge is 0.328 e. The first kappa shape index (κ1) is 15.6. The van der Waals surface area contributed by atoms with Gasteiger partial charge in [-0.15, -0.1) is 0 Å². The van der Waals surface area contributed by atoms with E-state index >= 15 is 0 Å². The molecule has 2 aliphatic rings. The van der Waals surface area contributed by atoms with Crippen LogP contribution in [-0.2, 0) is 9.53 Å². The van der Waals surface area contributed by atoms with Crippen molar-refractivity contribution in [2.45, 2.75) is 13.8 Å². The molecule has 0 bridgehead atoms. The fourth-order valence-corrected chi connectivity index (χ4v) is 2.95. The number of hydrogen-bond donors (Lipinski definition) is 1. The lowest BCUT2D eigenvalue weighted by Gasteiger charge is -2.30. The van der Waals surface area contributed by atoms with Crippen LogP contribution in [0.4, 0.5) is 10.5 Å². The normalized spacial score (nSPS) is 20.3. The molecule has 0 spiro atoms. The predicted molar refractivity (Wildman–Crippen MR) is 88.1 cm³/mol. The van der Waals surface area contributed by atoms with Crippen molar-refractivity contribution in [2.75, 3.05) is 37.7 Å². The zero-order valence-corrected chi connectivity index (χ0v) is 13.5. The summed E-state index contributed by atoms with van der Waals surface area (Å²) in [5.74, 6) is -0.271. The molecule has 0 atom stereocenters. The molecule has 3 amide bonds. The summed E-state index contributed by atoms with van der Waals surface area (Å²) < 4.78 is 5.38. The van der Waals surface area contributed by atoms with Gasteiger partial charge >= 0.3 is 6.03 Å². The number of likely N-dealkylation sites (N-methyl/N-ethyl adjacent to an activating group) is 1. The maximum absolute atomic E-state index is 12.1. The average Bonchev–Trinajstić information content (AvgIpc) is 2.82. The highest BCUT2D eigenvalue weighted by Gasteiger charge is 2.31. The Hall–Kier alpha value is -2.34. The van der Waals surface area contributed by atoms with Gasteiger partial charge in [-0.3, -0.25) is 9.69 Å². The van der Waals surface area contributed by atoms with Crippen molar-refractivity contribution in [3.05, 3.63) is 35.0 Å². The average molecular weight is 315 g/mol. The number of rotatable bonds is 3. The lowest BCUT2D eigenvalue weighted by atomic mass is 10.1. The summed E-state index contributed by atoms with van der Waals surface area (Å²) in [5, 5.41) is 2.62. The van der Waals surface area contributed by atoms with Gasteiger partial charge in [0.1, 0.15) is 5.70 Å². The molecule has 0 saturated carbocycles. The van der Waals surface area contributed by atoms with Crippen molar-refractivity contribution in [1.82, 2.24) is 10.2 Å². The molecule has 0 unspecified atom stereocenters. The number of amides is 3. The Morgan fingerprint density at radius 1 is 1.26 bits per heavy atom. The second kappa shape index (κ2) is 6.42. The van der Waals surface area contributed by atoms with E-state index in [1.165, 1.54) is 10.6 Å². The number of urea groups is 1. The van der Waals surface area contributed by atoms with Crippen LogP contribution in [0.1, 0.15) is 18.1 Å². The number of aryl methyl sites for hydroxylation is 1. The van der Waals surface area contributed by atoms with E-state index in [0.717, 1.165) is 37.4 Å². The number of imide groups is 1. The van der Waals surface area contributed by atoms with Gasteiger partial charge in [0.25, 0.3) is 5.91 Å². The minimum absolute atomic E-state index is 0.271. The zero-order valence-electron chi connectivity index (χ0n) is 13.5. The van der Waals surface area contributed by atoms with E-state index < -0.39 is 0 Å².